The van der Waals surface area contributed by atoms with Gasteiger partial charge < -0.3 is 4.74 Å². The van der Waals surface area contributed by atoms with Crippen molar-refractivity contribution in [3.8, 4) is 5.75 Å². The highest BCUT2D eigenvalue weighted by molar-refractivity contribution is 5.32. The highest BCUT2D eigenvalue weighted by Crippen LogP contribution is 2.14. The monoisotopic (exact) mass is 139 g/mol. The predicted molar refractivity (Wildman–Crippen MR) is 42.5 cm³/mol. The molecular weight excluding hydrogens is 124 g/mol. The van der Waals surface area contributed by atoms with E-state index in [1.165, 1.54) is 0 Å². The van der Waals surface area contributed by atoms with Crippen molar-refractivity contribution in [1.29, 1.82) is 0 Å². The fourth-order valence-electron chi connectivity index (χ4n) is 0.992. The molecule has 0 aromatic heterocycles. The van der Waals surface area contributed by atoms with E-state index in [4.69, 9.17) is 8.85 Å². The van der Waals surface area contributed by atoms with Crippen LogP contribution in [0, 0.1) is 13.8 Å². The van der Waals surface area contributed by atoms with Gasteiger partial charge in [-0.05, 0) is 37.1 Å². The summed E-state index contributed by atoms with van der Waals surface area (Å²) >= 11 is 0. The molecule has 0 saturated carbocycles. The van der Waals surface area contributed by atoms with Gasteiger partial charge in [0.1, 0.15) is 5.75 Å². The second-order valence-electron chi connectivity index (χ2n) is 2.43. The molecule has 0 bridgehead atoms. The van der Waals surface area contributed by atoms with Crippen LogP contribution < -0.4 is 4.74 Å². The first-order valence-electron chi connectivity index (χ1n) is 4.64. The second-order valence-corrected chi connectivity index (χ2v) is 2.43. The maximum Gasteiger partial charge on any atom is 0.119 e. The zero-order valence-corrected chi connectivity index (χ0v) is 6.14. The molecule has 1 aromatic rings. The third kappa shape index (κ3) is 1.50. The average Bonchev–Trinajstić information content (AvgIpc) is 1.78. The lowest BCUT2D eigenvalue weighted by Gasteiger charge is -2.01. The van der Waals surface area contributed by atoms with Gasteiger partial charge in [-0.15, -0.1) is 0 Å². The molecule has 0 unspecified atom stereocenters. The molecule has 54 valence electrons. The third-order valence-electron chi connectivity index (χ3n) is 1.31. The van der Waals surface area contributed by atoms with Gasteiger partial charge in [-0.1, -0.05) is 6.07 Å². The summed E-state index contributed by atoms with van der Waals surface area (Å²) in [7, 11) is -2.36. The molecule has 0 N–H and O–H groups in total. The van der Waals surface area contributed by atoms with Crippen LogP contribution in [-0.2, 0) is 0 Å². The number of methoxy groups -OCH3 is 1. The molecule has 0 aliphatic rings. The predicted octanol–water partition coefficient (Wildman–Crippen LogP) is 2.31. The normalized spacial score (nSPS) is 15.2. The van der Waals surface area contributed by atoms with E-state index >= 15 is 0 Å². The van der Waals surface area contributed by atoms with Crippen LogP contribution in [-0.4, -0.2) is 7.04 Å². The van der Waals surface area contributed by atoms with Crippen LogP contribution in [0.25, 0.3) is 0 Å². The lowest BCUT2D eigenvalue weighted by Crippen LogP contribution is -1.84. The number of rotatable bonds is 1. The standard InChI is InChI=1S/C9H12O/c1-7-4-8(2)6-9(5-7)10-3/h4-6H,1-3H3/i3D3. The van der Waals surface area contributed by atoms with Crippen LogP contribution in [0.1, 0.15) is 15.2 Å². The van der Waals surface area contributed by atoms with Crippen LogP contribution in [0.15, 0.2) is 18.2 Å². The minimum atomic E-state index is -2.36. The molecule has 10 heavy (non-hydrogen) atoms. The Bertz CT molecular complexity index is 284. The minimum absolute atomic E-state index is 0.400. The van der Waals surface area contributed by atoms with Crippen LogP contribution in [0.4, 0.5) is 0 Å². The zero-order chi connectivity index (χ0) is 10.1. The van der Waals surface area contributed by atoms with E-state index in [-0.39, 0.29) is 0 Å². The average molecular weight is 139 g/mol. The van der Waals surface area contributed by atoms with Gasteiger partial charge in [0.15, 0.2) is 0 Å². The molecule has 0 heterocycles. The molecule has 1 rings (SSSR count). The van der Waals surface area contributed by atoms with Gasteiger partial charge in [-0.25, -0.2) is 0 Å². The molecule has 1 heteroatoms. The molecule has 0 radical (unpaired) electrons. The molecule has 0 atom stereocenters. The SMILES string of the molecule is [2H]C([2H])([2H])Oc1cc(C)cc(C)c1. The van der Waals surface area contributed by atoms with Crippen molar-refractivity contribution in [3.63, 3.8) is 0 Å². The van der Waals surface area contributed by atoms with Crippen molar-refractivity contribution in [2.45, 2.75) is 13.8 Å². The third-order valence-corrected chi connectivity index (χ3v) is 1.31. The van der Waals surface area contributed by atoms with Gasteiger partial charge in [0.25, 0.3) is 0 Å². The number of aryl methyl sites for hydroxylation is 2. The molecule has 0 aliphatic carbocycles. The van der Waals surface area contributed by atoms with Crippen LogP contribution >= 0.6 is 0 Å². The molecule has 1 nitrogen and oxygen atoms in total. The van der Waals surface area contributed by atoms with Crippen molar-refractivity contribution < 1.29 is 8.85 Å². The Morgan fingerprint density at radius 1 is 1.20 bits per heavy atom. The summed E-state index contributed by atoms with van der Waals surface area (Å²) in [4.78, 5) is 0. The maximum atomic E-state index is 6.92. The minimum Gasteiger partial charge on any atom is -0.497 e. The van der Waals surface area contributed by atoms with Crippen molar-refractivity contribution in [3.05, 3.63) is 29.3 Å². The summed E-state index contributed by atoms with van der Waals surface area (Å²) in [5.41, 5.74) is 2.00. The van der Waals surface area contributed by atoms with E-state index in [0.29, 0.717) is 5.75 Å². The Kier molecular flexibility index (Phi) is 1.10. The Morgan fingerprint density at radius 3 is 2.30 bits per heavy atom. The summed E-state index contributed by atoms with van der Waals surface area (Å²) in [5, 5.41) is 0. The smallest absolute Gasteiger partial charge is 0.119 e. The van der Waals surface area contributed by atoms with Crippen molar-refractivity contribution >= 4 is 0 Å². The van der Waals surface area contributed by atoms with Crippen LogP contribution in [0.2, 0.25) is 0 Å². The van der Waals surface area contributed by atoms with Gasteiger partial charge in [0.2, 0.25) is 0 Å². The van der Waals surface area contributed by atoms with Crippen LogP contribution in [0.3, 0.4) is 0 Å². The van der Waals surface area contributed by atoms with Gasteiger partial charge in [0, 0.05) is 0 Å². The van der Waals surface area contributed by atoms with E-state index in [9.17, 15) is 0 Å². The molecule has 0 fully saturated rings. The summed E-state index contributed by atoms with van der Waals surface area (Å²) < 4.78 is 25.5. The number of hydrogen-bond donors (Lipinski definition) is 0. The summed E-state index contributed by atoms with van der Waals surface area (Å²) in [6, 6.07) is 5.38. The first-order chi connectivity index (χ1) is 5.87. The molecule has 0 spiro atoms. The fourth-order valence-corrected chi connectivity index (χ4v) is 0.992. The summed E-state index contributed by atoms with van der Waals surface area (Å²) in [6.45, 7) is 3.80. The highest BCUT2D eigenvalue weighted by Gasteiger charge is 1.92. The molecule has 0 amide bonds. The number of benzene rings is 1. The fraction of sp³-hybridized carbons (Fsp3) is 0.333. The molecule has 1 aromatic carbocycles. The Morgan fingerprint density at radius 2 is 1.80 bits per heavy atom. The molecular formula is C9H12O. The van der Waals surface area contributed by atoms with Gasteiger partial charge in [-0.2, -0.15) is 0 Å². The lowest BCUT2D eigenvalue weighted by molar-refractivity contribution is 0.414. The van der Waals surface area contributed by atoms with E-state index in [0.717, 1.165) is 11.1 Å². The maximum absolute atomic E-state index is 6.92. The van der Waals surface area contributed by atoms with Gasteiger partial charge in [0.05, 0.1) is 11.2 Å². The van der Waals surface area contributed by atoms with E-state index in [1.807, 2.05) is 19.9 Å². The van der Waals surface area contributed by atoms with Gasteiger partial charge in [-0.3, -0.25) is 0 Å². The lowest BCUT2D eigenvalue weighted by atomic mass is 10.1. The van der Waals surface area contributed by atoms with Crippen molar-refractivity contribution in [1.82, 2.24) is 0 Å². The van der Waals surface area contributed by atoms with Crippen molar-refractivity contribution in [2.75, 3.05) is 7.04 Å². The van der Waals surface area contributed by atoms with Crippen molar-refractivity contribution in [2.24, 2.45) is 0 Å². The first kappa shape index (κ1) is 4.02. The van der Waals surface area contributed by atoms with Gasteiger partial charge >= 0.3 is 0 Å². The molecule has 0 saturated heterocycles. The highest BCUT2D eigenvalue weighted by atomic mass is 16.5. The largest absolute Gasteiger partial charge is 0.497 e. The topological polar surface area (TPSA) is 9.23 Å². The van der Waals surface area contributed by atoms with Crippen LogP contribution in [0.5, 0.6) is 5.75 Å². The Labute approximate surface area is 65.9 Å². The van der Waals surface area contributed by atoms with E-state index in [2.05, 4.69) is 0 Å². The summed E-state index contributed by atoms with van der Waals surface area (Å²) in [6.07, 6.45) is 0. The van der Waals surface area contributed by atoms with E-state index < -0.39 is 7.04 Å². The molecule has 0 aliphatic heterocycles. The summed E-state index contributed by atoms with van der Waals surface area (Å²) in [5.74, 6) is 0.400. The second kappa shape index (κ2) is 2.74. The Balaban J connectivity index is 2.90. The quantitative estimate of drug-likeness (QED) is 0.580. The van der Waals surface area contributed by atoms with E-state index in [1.54, 1.807) is 12.1 Å². The Hall–Kier alpha value is -0.980. The zero-order valence-electron chi connectivity index (χ0n) is 9.14. The first-order valence-corrected chi connectivity index (χ1v) is 3.14. The number of ether oxygens (including phenoxy) is 1. The number of hydrogen-bond acceptors (Lipinski definition) is 1.